The zero-order valence-electron chi connectivity index (χ0n) is 12.7. The van der Waals surface area contributed by atoms with Gasteiger partial charge in [0.05, 0.1) is 23.2 Å². The number of aromatic nitrogens is 1. The Morgan fingerprint density at radius 2 is 1.40 bits per heavy atom. The molecular weight excluding hydrogens is 398 g/mol. The van der Waals surface area contributed by atoms with E-state index in [2.05, 4.69) is 11.1 Å². The highest BCUT2D eigenvalue weighted by Gasteiger charge is 2.14. The van der Waals surface area contributed by atoms with E-state index in [0.29, 0.717) is 31.3 Å². The van der Waals surface area contributed by atoms with Gasteiger partial charge in [-0.05, 0) is 48.0 Å². The van der Waals surface area contributed by atoms with Crippen molar-refractivity contribution in [2.75, 3.05) is 0 Å². The second kappa shape index (κ2) is 7.64. The van der Waals surface area contributed by atoms with Crippen LogP contribution in [0.15, 0.2) is 48.7 Å². The molecule has 2 aromatic carbocycles. The van der Waals surface area contributed by atoms with Crippen LogP contribution in [-0.2, 0) is 6.42 Å². The van der Waals surface area contributed by atoms with E-state index in [1.165, 1.54) is 0 Å². The van der Waals surface area contributed by atoms with Crippen LogP contribution in [0.2, 0.25) is 20.1 Å². The number of halogens is 4. The molecule has 0 aliphatic carbocycles. The van der Waals surface area contributed by atoms with E-state index in [0.717, 1.165) is 16.7 Å². The molecule has 6 heteroatoms. The molecule has 0 atom stereocenters. The van der Waals surface area contributed by atoms with Crippen LogP contribution in [0.3, 0.4) is 0 Å². The summed E-state index contributed by atoms with van der Waals surface area (Å²) in [4.78, 5) is 4.49. The summed E-state index contributed by atoms with van der Waals surface area (Å²) in [5.74, 6) is 0. The summed E-state index contributed by atoms with van der Waals surface area (Å²) < 4.78 is 0. The van der Waals surface area contributed by atoms with Gasteiger partial charge in [0.25, 0.3) is 0 Å². The van der Waals surface area contributed by atoms with E-state index in [9.17, 15) is 5.26 Å². The Kier molecular flexibility index (Phi) is 5.51. The molecular formula is C19H10Cl4N2. The average molecular weight is 408 g/mol. The summed E-state index contributed by atoms with van der Waals surface area (Å²) in [5.41, 5.74) is 3.62. The lowest BCUT2D eigenvalue weighted by atomic mass is 9.98. The minimum absolute atomic E-state index is 0.200. The van der Waals surface area contributed by atoms with E-state index >= 15 is 0 Å². The smallest absolute Gasteiger partial charge is 0.0721 e. The van der Waals surface area contributed by atoms with Crippen LogP contribution in [-0.4, -0.2) is 4.98 Å². The minimum Gasteiger partial charge on any atom is -0.256 e. The van der Waals surface area contributed by atoms with Gasteiger partial charge in [-0.25, -0.2) is 0 Å². The van der Waals surface area contributed by atoms with Gasteiger partial charge in [0.2, 0.25) is 0 Å². The Bertz CT molecular complexity index is 993. The van der Waals surface area contributed by atoms with Crippen LogP contribution in [0.5, 0.6) is 0 Å². The molecule has 2 nitrogen and oxygen atoms in total. The molecule has 0 fully saturated rings. The molecule has 3 aromatic rings. The van der Waals surface area contributed by atoms with Crippen molar-refractivity contribution in [2.24, 2.45) is 0 Å². The van der Waals surface area contributed by atoms with E-state index < -0.39 is 0 Å². The number of rotatable bonds is 3. The third-order valence-corrected chi connectivity index (χ3v) is 4.81. The molecule has 3 rings (SSSR count). The van der Waals surface area contributed by atoms with Crippen LogP contribution >= 0.6 is 46.4 Å². The van der Waals surface area contributed by atoms with Crippen molar-refractivity contribution < 1.29 is 0 Å². The SMILES string of the molecule is N#CCc1cc(-c2cc(Cl)ccc2Cl)ncc1-c1cc(Cl)ccc1Cl. The predicted octanol–water partition coefficient (Wildman–Crippen LogP) is 7.10. The molecule has 0 aliphatic heterocycles. The number of hydrogen-bond acceptors (Lipinski definition) is 2. The van der Waals surface area contributed by atoms with Crippen molar-refractivity contribution in [3.8, 4) is 28.5 Å². The normalized spacial score (nSPS) is 10.5. The van der Waals surface area contributed by atoms with Crippen molar-refractivity contribution in [2.45, 2.75) is 6.42 Å². The zero-order chi connectivity index (χ0) is 18.0. The van der Waals surface area contributed by atoms with Gasteiger partial charge in [-0.2, -0.15) is 5.26 Å². The Labute approximate surface area is 165 Å². The Hall–Kier alpha value is -1.76. The summed E-state index contributed by atoms with van der Waals surface area (Å²) in [6.07, 6.45) is 1.88. The van der Waals surface area contributed by atoms with Crippen molar-refractivity contribution >= 4 is 46.4 Å². The zero-order valence-corrected chi connectivity index (χ0v) is 15.8. The van der Waals surface area contributed by atoms with Gasteiger partial charge in [-0.15, -0.1) is 0 Å². The molecule has 1 heterocycles. The highest BCUT2D eigenvalue weighted by atomic mass is 35.5. The van der Waals surface area contributed by atoms with Crippen molar-refractivity contribution in [3.05, 3.63) is 74.3 Å². The molecule has 0 unspecified atom stereocenters. The van der Waals surface area contributed by atoms with Gasteiger partial charge >= 0.3 is 0 Å². The fourth-order valence-electron chi connectivity index (χ4n) is 2.52. The number of nitrogens with zero attached hydrogens (tertiary/aromatic N) is 2. The second-order valence-corrected chi connectivity index (χ2v) is 7.00. The third-order valence-electron chi connectivity index (χ3n) is 3.68. The summed E-state index contributed by atoms with van der Waals surface area (Å²) in [6.45, 7) is 0. The first kappa shape index (κ1) is 18.0. The molecule has 0 saturated heterocycles. The molecule has 0 aliphatic rings. The van der Waals surface area contributed by atoms with Crippen molar-refractivity contribution in [3.63, 3.8) is 0 Å². The quantitative estimate of drug-likeness (QED) is 0.464. The number of pyridine rings is 1. The molecule has 124 valence electrons. The summed E-state index contributed by atoms with van der Waals surface area (Å²) in [6, 6.07) is 14.4. The van der Waals surface area contributed by atoms with Gasteiger partial charge in [-0.1, -0.05) is 46.4 Å². The van der Waals surface area contributed by atoms with Crippen LogP contribution in [0.25, 0.3) is 22.4 Å². The molecule has 0 saturated carbocycles. The van der Waals surface area contributed by atoms with Gasteiger partial charge in [0.15, 0.2) is 0 Å². The second-order valence-electron chi connectivity index (χ2n) is 5.31. The number of benzene rings is 2. The molecule has 0 amide bonds. The van der Waals surface area contributed by atoms with Crippen LogP contribution in [0.4, 0.5) is 0 Å². The lowest BCUT2D eigenvalue weighted by Crippen LogP contribution is -1.95. The summed E-state index contributed by atoms with van der Waals surface area (Å²) in [7, 11) is 0. The monoisotopic (exact) mass is 406 g/mol. The van der Waals surface area contributed by atoms with Gasteiger partial charge < -0.3 is 0 Å². The first-order valence-electron chi connectivity index (χ1n) is 7.26. The standard InChI is InChI=1S/C19H10Cl4N2/c20-12-1-3-17(22)14(8-12)16-10-25-19(7-11(16)5-6-24)15-9-13(21)2-4-18(15)23/h1-4,7-10H,5H2. The topological polar surface area (TPSA) is 36.7 Å². The molecule has 0 bridgehead atoms. The lowest BCUT2D eigenvalue weighted by molar-refractivity contribution is 1.22. The highest BCUT2D eigenvalue weighted by Crippen LogP contribution is 2.36. The van der Waals surface area contributed by atoms with Gasteiger partial charge in [-0.3, -0.25) is 4.98 Å². The van der Waals surface area contributed by atoms with Gasteiger partial charge in [0, 0.05) is 38.0 Å². The van der Waals surface area contributed by atoms with E-state index in [1.807, 2.05) is 6.07 Å². The summed E-state index contributed by atoms with van der Waals surface area (Å²) >= 11 is 24.7. The maximum atomic E-state index is 9.20. The Balaban J connectivity index is 2.18. The summed E-state index contributed by atoms with van der Waals surface area (Å²) in [5, 5.41) is 11.4. The molecule has 0 radical (unpaired) electrons. The largest absolute Gasteiger partial charge is 0.256 e. The van der Waals surface area contributed by atoms with Crippen LogP contribution < -0.4 is 0 Å². The molecule has 1 aromatic heterocycles. The van der Waals surface area contributed by atoms with Crippen molar-refractivity contribution in [1.29, 1.82) is 5.26 Å². The number of nitriles is 1. The third kappa shape index (κ3) is 3.92. The van der Waals surface area contributed by atoms with Crippen LogP contribution in [0.1, 0.15) is 5.56 Å². The average Bonchev–Trinajstić information content (AvgIpc) is 2.60. The maximum Gasteiger partial charge on any atom is 0.0721 e. The Morgan fingerprint density at radius 3 is 2.04 bits per heavy atom. The maximum absolute atomic E-state index is 9.20. The first-order chi connectivity index (χ1) is 12.0. The number of hydrogen-bond donors (Lipinski definition) is 0. The van der Waals surface area contributed by atoms with E-state index in [-0.39, 0.29) is 6.42 Å². The van der Waals surface area contributed by atoms with E-state index in [1.54, 1.807) is 42.6 Å². The minimum atomic E-state index is 0.200. The van der Waals surface area contributed by atoms with Crippen molar-refractivity contribution in [1.82, 2.24) is 4.98 Å². The molecule has 0 spiro atoms. The molecule has 25 heavy (non-hydrogen) atoms. The Morgan fingerprint density at radius 1 is 0.800 bits per heavy atom. The first-order valence-corrected chi connectivity index (χ1v) is 8.77. The predicted molar refractivity (Wildman–Crippen MR) is 104 cm³/mol. The van der Waals surface area contributed by atoms with E-state index in [4.69, 9.17) is 46.4 Å². The van der Waals surface area contributed by atoms with Crippen LogP contribution in [0, 0.1) is 11.3 Å². The molecule has 0 N–H and O–H groups in total. The fourth-order valence-corrected chi connectivity index (χ4v) is 3.29. The van der Waals surface area contributed by atoms with Gasteiger partial charge in [0.1, 0.15) is 0 Å². The fraction of sp³-hybridized carbons (Fsp3) is 0.0526. The highest BCUT2D eigenvalue weighted by molar-refractivity contribution is 6.36. The lowest BCUT2D eigenvalue weighted by Gasteiger charge is -2.12.